The standard InChI is InChI=1S/C8H6F3N5/c9-4-1-3(2-5(10)6(4)11)7(12)8-13-15-16-14-8/h1-2,7H,12H2,(H,13,14,15,16). The minimum Gasteiger partial charge on any atom is -0.318 e. The molecule has 3 N–H and O–H groups in total. The van der Waals surface area contributed by atoms with Crippen LogP contribution in [-0.2, 0) is 0 Å². The van der Waals surface area contributed by atoms with E-state index in [0.29, 0.717) is 0 Å². The largest absolute Gasteiger partial charge is 0.318 e. The molecule has 0 spiro atoms. The first-order valence-corrected chi connectivity index (χ1v) is 4.23. The third-order valence-electron chi connectivity index (χ3n) is 2.01. The highest BCUT2D eigenvalue weighted by Crippen LogP contribution is 2.20. The molecule has 2 aromatic rings. The number of nitrogens with two attached hydrogens (primary N) is 1. The number of halogens is 3. The van der Waals surface area contributed by atoms with Gasteiger partial charge in [-0.05, 0) is 17.7 Å². The third kappa shape index (κ3) is 1.74. The number of hydrogen-bond acceptors (Lipinski definition) is 4. The van der Waals surface area contributed by atoms with Crippen LogP contribution < -0.4 is 5.73 Å². The van der Waals surface area contributed by atoms with Crippen LogP contribution in [0, 0.1) is 17.5 Å². The maximum Gasteiger partial charge on any atom is 0.195 e. The first kappa shape index (κ1) is 10.6. The van der Waals surface area contributed by atoms with E-state index in [0.717, 1.165) is 12.1 Å². The number of hydrogen-bond donors (Lipinski definition) is 2. The number of nitrogens with one attached hydrogen (secondary N) is 1. The summed E-state index contributed by atoms with van der Waals surface area (Å²) >= 11 is 0. The molecule has 1 heterocycles. The van der Waals surface area contributed by atoms with Gasteiger partial charge in [0.05, 0.1) is 6.04 Å². The van der Waals surface area contributed by atoms with Crippen molar-refractivity contribution in [2.24, 2.45) is 5.73 Å². The predicted octanol–water partition coefficient (Wildman–Crippen LogP) is 0.665. The van der Waals surface area contributed by atoms with Crippen molar-refractivity contribution in [3.8, 4) is 0 Å². The predicted molar refractivity (Wildman–Crippen MR) is 46.5 cm³/mol. The van der Waals surface area contributed by atoms with Gasteiger partial charge >= 0.3 is 0 Å². The second kappa shape index (κ2) is 3.89. The highest BCUT2D eigenvalue weighted by molar-refractivity contribution is 5.26. The third-order valence-corrected chi connectivity index (χ3v) is 2.01. The average Bonchev–Trinajstić information content (AvgIpc) is 2.77. The van der Waals surface area contributed by atoms with E-state index in [1.807, 2.05) is 0 Å². The van der Waals surface area contributed by atoms with Gasteiger partial charge in [-0.25, -0.2) is 13.2 Å². The van der Waals surface area contributed by atoms with E-state index in [1.165, 1.54) is 0 Å². The maximum absolute atomic E-state index is 12.9. The Kier molecular flexibility index (Phi) is 2.57. The number of tetrazole rings is 1. The van der Waals surface area contributed by atoms with Crippen molar-refractivity contribution in [1.29, 1.82) is 0 Å². The van der Waals surface area contributed by atoms with Crippen LogP contribution in [-0.4, -0.2) is 20.6 Å². The molecule has 0 saturated heterocycles. The van der Waals surface area contributed by atoms with Gasteiger partial charge in [-0.3, -0.25) is 0 Å². The first-order valence-electron chi connectivity index (χ1n) is 4.23. The molecular weight excluding hydrogens is 223 g/mol. The summed E-state index contributed by atoms with van der Waals surface area (Å²) in [6.45, 7) is 0. The molecule has 0 saturated carbocycles. The summed E-state index contributed by atoms with van der Waals surface area (Å²) in [7, 11) is 0. The van der Waals surface area contributed by atoms with Crippen LogP contribution in [0.2, 0.25) is 0 Å². The Balaban J connectivity index is 2.42. The summed E-state index contributed by atoms with van der Waals surface area (Å²) in [5, 5.41) is 12.5. The number of benzene rings is 1. The van der Waals surface area contributed by atoms with Gasteiger partial charge < -0.3 is 5.73 Å². The zero-order valence-corrected chi connectivity index (χ0v) is 7.78. The molecule has 1 atom stereocenters. The molecule has 0 bridgehead atoms. The molecule has 16 heavy (non-hydrogen) atoms. The Bertz CT molecular complexity index is 475. The number of rotatable bonds is 2. The molecule has 0 radical (unpaired) electrons. The van der Waals surface area contributed by atoms with E-state index in [1.54, 1.807) is 0 Å². The summed E-state index contributed by atoms with van der Waals surface area (Å²) in [6.07, 6.45) is 0. The van der Waals surface area contributed by atoms with Crippen LogP contribution >= 0.6 is 0 Å². The molecule has 2 rings (SSSR count). The molecule has 1 unspecified atom stereocenters. The van der Waals surface area contributed by atoms with Gasteiger partial charge in [0.15, 0.2) is 23.3 Å². The quantitative estimate of drug-likeness (QED) is 0.741. The Hall–Kier alpha value is -1.96. The SMILES string of the molecule is NC(c1cc(F)c(F)c(F)c1)c1nn[nH]n1. The minimum atomic E-state index is -1.54. The number of nitrogens with zero attached hydrogens (tertiary/aromatic N) is 3. The molecular formula is C8H6F3N5. The van der Waals surface area contributed by atoms with Crippen LogP contribution in [0.25, 0.3) is 0 Å². The lowest BCUT2D eigenvalue weighted by Crippen LogP contribution is -2.15. The van der Waals surface area contributed by atoms with Gasteiger partial charge in [-0.2, -0.15) is 5.21 Å². The fraction of sp³-hybridized carbons (Fsp3) is 0.125. The number of aromatic nitrogens is 4. The molecule has 8 heteroatoms. The summed E-state index contributed by atoms with van der Waals surface area (Å²) in [6, 6.07) is 0.613. The lowest BCUT2D eigenvalue weighted by Gasteiger charge is -2.08. The van der Waals surface area contributed by atoms with E-state index in [-0.39, 0.29) is 11.4 Å². The van der Waals surface area contributed by atoms with E-state index >= 15 is 0 Å². The Morgan fingerprint density at radius 1 is 1.19 bits per heavy atom. The second-order valence-electron chi connectivity index (χ2n) is 3.05. The van der Waals surface area contributed by atoms with Crippen LogP contribution in [0.15, 0.2) is 12.1 Å². The number of H-pyrrole nitrogens is 1. The molecule has 5 nitrogen and oxygen atoms in total. The molecule has 0 amide bonds. The molecule has 0 fully saturated rings. The van der Waals surface area contributed by atoms with Crippen molar-refractivity contribution >= 4 is 0 Å². The van der Waals surface area contributed by atoms with Crippen LogP contribution in [0.1, 0.15) is 17.4 Å². The second-order valence-corrected chi connectivity index (χ2v) is 3.05. The molecule has 84 valence electrons. The van der Waals surface area contributed by atoms with E-state index in [2.05, 4.69) is 20.6 Å². The van der Waals surface area contributed by atoms with Gasteiger partial charge in [0.25, 0.3) is 0 Å². The molecule has 1 aromatic heterocycles. The lowest BCUT2D eigenvalue weighted by molar-refractivity contribution is 0.444. The zero-order valence-electron chi connectivity index (χ0n) is 7.78. The fourth-order valence-corrected chi connectivity index (χ4v) is 1.21. The van der Waals surface area contributed by atoms with Gasteiger partial charge in [-0.15, -0.1) is 10.2 Å². The van der Waals surface area contributed by atoms with Crippen molar-refractivity contribution in [2.45, 2.75) is 6.04 Å². The maximum atomic E-state index is 12.9. The smallest absolute Gasteiger partial charge is 0.195 e. The van der Waals surface area contributed by atoms with E-state index < -0.39 is 23.5 Å². The van der Waals surface area contributed by atoms with Crippen LogP contribution in [0.5, 0.6) is 0 Å². The van der Waals surface area contributed by atoms with Crippen LogP contribution in [0.3, 0.4) is 0 Å². The summed E-state index contributed by atoms with van der Waals surface area (Å²) in [4.78, 5) is 0. The van der Waals surface area contributed by atoms with Crippen molar-refractivity contribution < 1.29 is 13.2 Å². The van der Waals surface area contributed by atoms with Crippen molar-refractivity contribution in [3.63, 3.8) is 0 Å². The van der Waals surface area contributed by atoms with E-state index in [4.69, 9.17) is 5.73 Å². The Morgan fingerprint density at radius 2 is 1.81 bits per heavy atom. The Labute approximate surface area is 87.5 Å². The lowest BCUT2D eigenvalue weighted by atomic mass is 10.1. The van der Waals surface area contributed by atoms with Gasteiger partial charge in [-0.1, -0.05) is 5.21 Å². The highest BCUT2D eigenvalue weighted by Gasteiger charge is 2.18. The zero-order chi connectivity index (χ0) is 11.7. The summed E-state index contributed by atoms with van der Waals surface area (Å²) < 4.78 is 38.5. The van der Waals surface area contributed by atoms with Crippen molar-refractivity contribution in [1.82, 2.24) is 20.6 Å². The number of aromatic amines is 1. The monoisotopic (exact) mass is 229 g/mol. The molecule has 0 aliphatic carbocycles. The van der Waals surface area contributed by atoms with Crippen molar-refractivity contribution in [3.05, 3.63) is 41.0 Å². The fourth-order valence-electron chi connectivity index (χ4n) is 1.21. The summed E-state index contributed by atoms with van der Waals surface area (Å²) in [5.41, 5.74) is 5.63. The molecule has 0 aliphatic heterocycles. The first-order chi connectivity index (χ1) is 7.59. The molecule has 0 aliphatic rings. The average molecular weight is 229 g/mol. The van der Waals surface area contributed by atoms with E-state index in [9.17, 15) is 13.2 Å². The summed E-state index contributed by atoms with van der Waals surface area (Å²) in [5.74, 6) is -4.10. The normalized spacial score (nSPS) is 12.8. The molecule has 1 aromatic carbocycles. The Morgan fingerprint density at radius 3 is 2.31 bits per heavy atom. The van der Waals surface area contributed by atoms with Gasteiger partial charge in [0.2, 0.25) is 0 Å². The van der Waals surface area contributed by atoms with Gasteiger partial charge in [0.1, 0.15) is 0 Å². The minimum absolute atomic E-state index is 0.0257. The van der Waals surface area contributed by atoms with Gasteiger partial charge in [0, 0.05) is 0 Å². The highest BCUT2D eigenvalue weighted by atomic mass is 19.2. The van der Waals surface area contributed by atoms with Crippen LogP contribution in [0.4, 0.5) is 13.2 Å². The van der Waals surface area contributed by atoms with Crippen molar-refractivity contribution in [2.75, 3.05) is 0 Å². The topological polar surface area (TPSA) is 80.5 Å².